The second kappa shape index (κ2) is 9.61. The van der Waals surface area contributed by atoms with Crippen molar-refractivity contribution in [3.8, 4) is 5.75 Å². The van der Waals surface area contributed by atoms with E-state index in [0.29, 0.717) is 29.5 Å². The number of hydrogen-bond donors (Lipinski definition) is 1. The molecule has 0 aromatic heterocycles. The summed E-state index contributed by atoms with van der Waals surface area (Å²) in [6, 6.07) is 9.95. The number of carbonyl (C=O) groups is 1. The number of rotatable bonds is 6. The molecule has 7 nitrogen and oxygen atoms in total. The van der Waals surface area contributed by atoms with Crippen molar-refractivity contribution < 1.29 is 22.7 Å². The molecular weight excluding hydrogens is 428 g/mol. The van der Waals surface area contributed by atoms with E-state index in [9.17, 15) is 13.2 Å². The van der Waals surface area contributed by atoms with E-state index in [2.05, 4.69) is 5.32 Å². The van der Waals surface area contributed by atoms with Crippen LogP contribution in [-0.2, 0) is 19.6 Å². The van der Waals surface area contributed by atoms with Crippen LogP contribution in [0.1, 0.15) is 11.1 Å². The molecule has 2 aromatic rings. The summed E-state index contributed by atoms with van der Waals surface area (Å²) in [4.78, 5) is 12.3. The van der Waals surface area contributed by atoms with Gasteiger partial charge in [0.15, 0.2) is 0 Å². The highest BCUT2D eigenvalue weighted by Gasteiger charge is 2.29. The van der Waals surface area contributed by atoms with Crippen molar-refractivity contribution in [2.45, 2.75) is 11.8 Å². The van der Waals surface area contributed by atoms with Crippen LogP contribution in [0.15, 0.2) is 47.4 Å². The molecule has 1 amide bonds. The Labute approximate surface area is 181 Å². The molecule has 0 spiro atoms. The Kier molecular flexibility index (Phi) is 7.14. The molecule has 1 fully saturated rings. The zero-order chi connectivity index (χ0) is 21.7. The van der Waals surface area contributed by atoms with Crippen LogP contribution in [0, 0.1) is 6.92 Å². The van der Waals surface area contributed by atoms with Crippen molar-refractivity contribution in [1.82, 2.24) is 4.31 Å². The van der Waals surface area contributed by atoms with Gasteiger partial charge in [-0.25, -0.2) is 8.42 Å². The number of halogens is 1. The topological polar surface area (TPSA) is 84.9 Å². The zero-order valence-electron chi connectivity index (χ0n) is 16.7. The molecule has 1 N–H and O–H groups in total. The number of nitrogens with zero attached hydrogens (tertiary/aromatic N) is 1. The van der Waals surface area contributed by atoms with Crippen LogP contribution in [-0.4, -0.2) is 52.0 Å². The molecule has 30 heavy (non-hydrogen) atoms. The first-order valence-corrected chi connectivity index (χ1v) is 11.1. The van der Waals surface area contributed by atoms with E-state index < -0.39 is 10.0 Å². The number of carbonyl (C=O) groups excluding carboxylic acids is 1. The molecule has 2 aromatic carbocycles. The molecule has 9 heteroatoms. The molecule has 0 saturated carbocycles. The Morgan fingerprint density at radius 1 is 1.20 bits per heavy atom. The molecule has 3 rings (SSSR count). The molecule has 1 aliphatic rings. The van der Waals surface area contributed by atoms with Crippen LogP contribution >= 0.6 is 11.6 Å². The van der Waals surface area contributed by atoms with Crippen molar-refractivity contribution in [2.24, 2.45) is 0 Å². The fraction of sp³-hybridized carbons (Fsp3) is 0.286. The second-order valence-electron chi connectivity index (χ2n) is 6.71. The number of aryl methyl sites for hydroxylation is 1. The van der Waals surface area contributed by atoms with Gasteiger partial charge < -0.3 is 14.8 Å². The average Bonchev–Trinajstić information content (AvgIpc) is 2.74. The van der Waals surface area contributed by atoms with Crippen LogP contribution < -0.4 is 10.1 Å². The van der Waals surface area contributed by atoms with Gasteiger partial charge in [-0.1, -0.05) is 17.7 Å². The Morgan fingerprint density at radius 2 is 1.93 bits per heavy atom. The number of benzene rings is 2. The molecular formula is C21H23ClN2O5S. The fourth-order valence-electron chi connectivity index (χ4n) is 3.04. The molecule has 0 aliphatic carbocycles. The van der Waals surface area contributed by atoms with Crippen LogP contribution in [0.2, 0.25) is 5.02 Å². The monoisotopic (exact) mass is 450 g/mol. The first-order valence-electron chi connectivity index (χ1n) is 9.32. The summed E-state index contributed by atoms with van der Waals surface area (Å²) in [5.41, 5.74) is 2.05. The normalized spacial score (nSPS) is 15.3. The quantitative estimate of drug-likeness (QED) is 0.682. The van der Waals surface area contributed by atoms with Gasteiger partial charge in [0.2, 0.25) is 15.9 Å². The predicted molar refractivity (Wildman–Crippen MR) is 116 cm³/mol. The van der Waals surface area contributed by atoms with Crippen LogP contribution in [0.3, 0.4) is 0 Å². The maximum Gasteiger partial charge on any atom is 0.248 e. The van der Waals surface area contributed by atoms with Gasteiger partial charge >= 0.3 is 0 Å². The number of hydrogen-bond acceptors (Lipinski definition) is 5. The molecule has 160 valence electrons. The maximum absolute atomic E-state index is 13.0. The predicted octanol–water partition coefficient (Wildman–Crippen LogP) is 3.33. The first kappa shape index (κ1) is 22.3. The van der Waals surface area contributed by atoms with Gasteiger partial charge in [-0.3, -0.25) is 4.79 Å². The minimum Gasteiger partial charge on any atom is -0.495 e. The van der Waals surface area contributed by atoms with E-state index in [1.165, 1.54) is 23.6 Å². The highest BCUT2D eigenvalue weighted by Crippen LogP contribution is 2.29. The van der Waals surface area contributed by atoms with E-state index in [1.807, 2.05) is 6.92 Å². The second-order valence-corrected chi connectivity index (χ2v) is 9.05. The smallest absolute Gasteiger partial charge is 0.248 e. The maximum atomic E-state index is 13.0. The van der Waals surface area contributed by atoms with Crippen LogP contribution in [0.25, 0.3) is 6.08 Å². The van der Waals surface area contributed by atoms with E-state index in [1.54, 1.807) is 36.4 Å². The third-order valence-corrected chi connectivity index (χ3v) is 6.80. The number of anilines is 1. The van der Waals surface area contributed by atoms with Gasteiger partial charge in [0.25, 0.3) is 0 Å². The third-order valence-electron chi connectivity index (χ3n) is 4.65. The standard InChI is InChI=1S/C21H23ClN2O5S/c1-15-13-17(22)5-6-18(15)23-21(25)8-4-16-3-7-19(28-2)20(14-16)30(26,27)24-9-11-29-12-10-24/h3-8,13-14H,9-12H2,1-2H3,(H,23,25)/b8-4+. The van der Waals surface area contributed by atoms with E-state index >= 15 is 0 Å². The van der Waals surface area contributed by atoms with Crippen molar-refractivity contribution in [3.63, 3.8) is 0 Å². The van der Waals surface area contributed by atoms with Crippen molar-refractivity contribution in [2.75, 3.05) is 38.7 Å². The van der Waals surface area contributed by atoms with Gasteiger partial charge in [0.05, 0.1) is 20.3 Å². The molecule has 0 radical (unpaired) electrons. The van der Waals surface area contributed by atoms with Gasteiger partial charge in [0.1, 0.15) is 10.6 Å². The molecule has 1 saturated heterocycles. The lowest BCUT2D eigenvalue weighted by molar-refractivity contribution is -0.111. The van der Waals surface area contributed by atoms with Gasteiger partial charge in [-0.2, -0.15) is 4.31 Å². The lowest BCUT2D eigenvalue weighted by atomic mass is 10.2. The summed E-state index contributed by atoms with van der Waals surface area (Å²) in [6.45, 7) is 3.12. The van der Waals surface area contributed by atoms with Gasteiger partial charge in [-0.15, -0.1) is 0 Å². The summed E-state index contributed by atoms with van der Waals surface area (Å²) >= 11 is 5.93. The lowest BCUT2D eigenvalue weighted by Gasteiger charge is -2.26. The van der Waals surface area contributed by atoms with E-state index in [-0.39, 0.29) is 29.6 Å². The van der Waals surface area contributed by atoms with Crippen molar-refractivity contribution in [1.29, 1.82) is 0 Å². The van der Waals surface area contributed by atoms with E-state index in [0.717, 1.165) is 5.56 Å². The van der Waals surface area contributed by atoms with Crippen molar-refractivity contribution >= 4 is 39.3 Å². The number of methoxy groups -OCH3 is 1. The molecule has 1 heterocycles. The third kappa shape index (κ3) is 5.20. The molecule has 1 aliphatic heterocycles. The summed E-state index contributed by atoms with van der Waals surface area (Å²) in [6.07, 6.45) is 2.90. The lowest BCUT2D eigenvalue weighted by Crippen LogP contribution is -2.40. The molecule has 0 bridgehead atoms. The summed E-state index contributed by atoms with van der Waals surface area (Å²) in [5, 5.41) is 3.37. The minimum atomic E-state index is -3.74. The number of morpholine rings is 1. The number of ether oxygens (including phenoxy) is 2. The number of amides is 1. The highest BCUT2D eigenvalue weighted by molar-refractivity contribution is 7.89. The van der Waals surface area contributed by atoms with Gasteiger partial charge in [0, 0.05) is 29.9 Å². The van der Waals surface area contributed by atoms with E-state index in [4.69, 9.17) is 21.1 Å². The first-order chi connectivity index (χ1) is 14.3. The Bertz CT molecular complexity index is 1060. The highest BCUT2D eigenvalue weighted by atomic mass is 35.5. The van der Waals surface area contributed by atoms with Crippen LogP contribution in [0.5, 0.6) is 5.75 Å². The fourth-order valence-corrected chi connectivity index (χ4v) is 4.86. The summed E-state index contributed by atoms with van der Waals surface area (Å²) < 4.78 is 37.9. The number of nitrogens with one attached hydrogen (secondary N) is 1. The molecule has 0 atom stereocenters. The van der Waals surface area contributed by atoms with Crippen LogP contribution in [0.4, 0.5) is 5.69 Å². The summed E-state index contributed by atoms with van der Waals surface area (Å²) in [7, 11) is -2.32. The van der Waals surface area contributed by atoms with Crippen molar-refractivity contribution in [3.05, 3.63) is 58.6 Å². The zero-order valence-corrected chi connectivity index (χ0v) is 18.3. The Hall–Kier alpha value is -2.39. The largest absolute Gasteiger partial charge is 0.495 e. The summed E-state index contributed by atoms with van der Waals surface area (Å²) in [5.74, 6) is -0.0892. The van der Waals surface area contributed by atoms with Gasteiger partial charge in [-0.05, 0) is 54.5 Å². The average molecular weight is 451 g/mol. The Balaban J connectivity index is 1.81. The Morgan fingerprint density at radius 3 is 2.60 bits per heavy atom. The molecule has 0 unspecified atom stereocenters. The minimum absolute atomic E-state index is 0.0583. The number of sulfonamides is 1. The SMILES string of the molecule is COc1ccc(/C=C/C(=O)Nc2ccc(Cl)cc2C)cc1S(=O)(=O)N1CCOCC1.